The number of aromatic amines is 1. The molecule has 0 spiro atoms. The molecule has 0 unspecified atom stereocenters. The van der Waals surface area contributed by atoms with Crippen molar-refractivity contribution in [1.29, 1.82) is 0 Å². The van der Waals surface area contributed by atoms with Gasteiger partial charge in [-0.2, -0.15) is 0 Å². The molecule has 0 bridgehead atoms. The molecule has 4 N–H and O–H groups in total. The van der Waals surface area contributed by atoms with E-state index in [-0.39, 0.29) is 29.4 Å². The fourth-order valence-electron chi connectivity index (χ4n) is 2.90. The first kappa shape index (κ1) is 20.4. The van der Waals surface area contributed by atoms with Crippen LogP contribution in [0.5, 0.6) is 0 Å². The summed E-state index contributed by atoms with van der Waals surface area (Å²) >= 11 is 0. The van der Waals surface area contributed by atoms with Crippen molar-refractivity contribution in [2.75, 3.05) is 6.54 Å². The maximum absolute atomic E-state index is 12.5. The van der Waals surface area contributed by atoms with E-state index in [0.717, 1.165) is 5.69 Å². The molecule has 0 saturated carbocycles. The third-order valence-corrected chi connectivity index (χ3v) is 4.41. The van der Waals surface area contributed by atoms with Gasteiger partial charge in [0.2, 0.25) is 11.8 Å². The maximum atomic E-state index is 12.5. The topological polar surface area (TPSA) is 120 Å². The molecule has 0 radical (unpaired) electrons. The van der Waals surface area contributed by atoms with Gasteiger partial charge in [-0.15, -0.1) is 0 Å². The minimum atomic E-state index is -0.772. The number of amides is 3. The van der Waals surface area contributed by atoms with Gasteiger partial charge >= 0.3 is 0 Å². The summed E-state index contributed by atoms with van der Waals surface area (Å²) in [6, 6.07) is 2.18. The molecule has 146 valence electrons. The Bertz CT molecular complexity index is 753. The van der Waals surface area contributed by atoms with Crippen LogP contribution in [-0.4, -0.2) is 47.1 Å². The van der Waals surface area contributed by atoms with Crippen molar-refractivity contribution in [2.45, 2.75) is 45.7 Å². The van der Waals surface area contributed by atoms with E-state index in [1.807, 2.05) is 6.92 Å². The van der Waals surface area contributed by atoms with Crippen LogP contribution in [0.15, 0.2) is 24.3 Å². The molecular formula is C19H26N4O4. The molecule has 1 saturated heterocycles. The Morgan fingerprint density at radius 1 is 1.30 bits per heavy atom. The Hall–Kier alpha value is -2.90. The highest BCUT2D eigenvalue weighted by atomic mass is 16.2. The second-order valence-corrected chi connectivity index (χ2v) is 6.85. The zero-order valence-electron chi connectivity index (χ0n) is 15.8. The Kier molecular flexibility index (Phi) is 6.92. The SMILES string of the molecule is CC(=O)/C=C/[C@H](C[C@@H]1CCNC1=O)NC(=O)[C@H](C)NC(=O)c1ccc(C)[nH]1. The predicted octanol–water partition coefficient (Wildman–Crippen LogP) is 0.598. The average Bonchev–Trinajstić information content (AvgIpc) is 3.21. The molecule has 1 aliphatic heterocycles. The van der Waals surface area contributed by atoms with Crippen LogP contribution in [0.3, 0.4) is 0 Å². The first-order valence-electron chi connectivity index (χ1n) is 8.99. The first-order chi connectivity index (χ1) is 12.8. The number of ketones is 1. The summed E-state index contributed by atoms with van der Waals surface area (Å²) in [5.74, 6) is -1.17. The highest BCUT2D eigenvalue weighted by Gasteiger charge is 2.28. The molecular weight excluding hydrogens is 348 g/mol. The zero-order valence-corrected chi connectivity index (χ0v) is 15.8. The van der Waals surface area contributed by atoms with Crippen molar-refractivity contribution in [1.82, 2.24) is 20.9 Å². The summed E-state index contributed by atoms with van der Waals surface area (Å²) < 4.78 is 0. The number of allylic oxidation sites excluding steroid dienone is 1. The van der Waals surface area contributed by atoms with Gasteiger partial charge in [-0.05, 0) is 51.8 Å². The van der Waals surface area contributed by atoms with E-state index in [1.165, 1.54) is 13.0 Å². The van der Waals surface area contributed by atoms with Crippen LogP contribution in [0.25, 0.3) is 0 Å². The Morgan fingerprint density at radius 3 is 2.59 bits per heavy atom. The Morgan fingerprint density at radius 2 is 2.04 bits per heavy atom. The number of carbonyl (C=O) groups is 4. The van der Waals surface area contributed by atoms with E-state index in [0.29, 0.717) is 25.1 Å². The van der Waals surface area contributed by atoms with Gasteiger partial charge < -0.3 is 20.9 Å². The molecule has 3 amide bonds. The van der Waals surface area contributed by atoms with E-state index in [4.69, 9.17) is 0 Å². The lowest BCUT2D eigenvalue weighted by Gasteiger charge is -2.21. The van der Waals surface area contributed by atoms with Gasteiger partial charge in [0.25, 0.3) is 5.91 Å². The number of carbonyl (C=O) groups excluding carboxylic acids is 4. The van der Waals surface area contributed by atoms with Crippen LogP contribution in [0.1, 0.15) is 42.9 Å². The van der Waals surface area contributed by atoms with Crippen molar-refractivity contribution in [2.24, 2.45) is 5.92 Å². The van der Waals surface area contributed by atoms with E-state index in [2.05, 4.69) is 20.9 Å². The molecule has 1 aromatic heterocycles. The van der Waals surface area contributed by atoms with Crippen molar-refractivity contribution in [3.63, 3.8) is 0 Å². The quantitative estimate of drug-likeness (QED) is 0.498. The van der Waals surface area contributed by atoms with Crippen molar-refractivity contribution in [3.05, 3.63) is 35.7 Å². The minimum absolute atomic E-state index is 0.0473. The first-order valence-corrected chi connectivity index (χ1v) is 8.99. The van der Waals surface area contributed by atoms with Gasteiger partial charge in [-0.1, -0.05) is 6.08 Å². The fraction of sp³-hybridized carbons (Fsp3) is 0.474. The van der Waals surface area contributed by atoms with Crippen molar-refractivity contribution in [3.8, 4) is 0 Å². The number of rotatable bonds is 8. The van der Waals surface area contributed by atoms with Crippen molar-refractivity contribution >= 4 is 23.5 Å². The van der Waals surface area contributed by atoms with Crippen LogP contribution in [-0.2, 0) is 14.4 Å². The predicted molar refractivity (Wildman–Crippen MR) is 99.9 cm³/mol. The number of H-pyrrole nitrogens is 1. The summed E-state index contributed by atoms with van der Waals surface area (Å²) in [4.78, 5) is 50.6. The summed E-state index contributed by atoms with van der Waals surface area (Å²) in [7, 11) is 0. The van der Waals surface area contributed by atoms with Crippen molar-refractivity contribution < 1.29 is 19.2 Å². The Balaban J connectivity index is 1.97. The fourth-order valence-corrected chi connectivity index (χ4v) is 2.90. The van der Waals surface area contributed by atoms with E-state index < -0.39 is 12.1 Å². The third-order valence-electron chi connectivity index (χ3n) is 4.41. The van der Waals surface area contributed by atoms with E-state index >= 15 is 0 Å². The number of hydrogen-bond acceptors (Lipinski definition) is 4. The molecule has 2 heterocycles. The normalized spacial score (nSPS) is 18.8. The van der Waals surface area contributed by atoms with E-state index in [1.54, 1.807) is 25.1 Å². The summed E-state index contributed by atoms with van der Waals surface area (Å²) in [6.45, 7) is 5.44. The van der Waals surface area contributed by atoms with E-state index in [9.17, 15) is 19.2 Å². The Labute approximate surface area is 158 Å². The third kappa shape index (κ3) is 6.09. The molecule has 1 fully saturated rings. The summed E-state index contributed by atoms with van der Waals surface area (Å²) in [5, 5.41) is 8.19. The maximum Gasteiger partial charge on any atom is 0.268 e. The molecule has 1 aliphatic rings. The van der Waals surface area contributed by atoms with Crippen LogP contribution in [0, 0.1) is 12.8 Å². The van der Waals surface area contributed by atoms with Gasteiger partial charge in [0.1, 0.15) is 11.7 Å². The highest BCUT2D eigenvalue weighted by molar-refractivity contribution is 5.96. The van der Waals surface area contributed by atoms with Gasteiger partial charge in [0.05, 0.1) is 0 Å². The van der Waals surface area contributed by atoms with Crippen LogP contribution in [0.4, 0.5) is 0 Å². The molecule has 2 rings (SSSR count). The molecule has 8 nitrogen and oxygen atoms in total. The lowest BCUT2D eigenvalue weighted by molar-refractivity contribution is -0.125. The van der Waals surface area contributed by atoms with Crippen LogP contribution >= 0.6 is 0 Å². The van der Waals surface area contributed by atoms with Gasteiger partial charge in [0.15, 0.2) is 5.78 Å². The smallest absolute Gasteiger partial charge is 0.268 e. The zero-order chi connectivity index (χ0) is 20.0. The highest BCUT2D eigenvalue weighted by Crippen LogP contribution is 2.17. The molecule has 27 heavy (non-hydrogen) atoms. The number of hydrogen-bond donors (Lipinski definition) is 4. The molecule has 3 atom stereocenters. The number of nitrogens with one attached hydrogen (secondary N) is 4. The number of aromatic nitrogens is 1. The van der Waals surface area contributed by atoms with Gasteiger partial charge in [-0.25, -0.2) is 0 Å². The summed E-state index contributed by atoms with van der Waals surface area (Å²) in [6.07, 6.45) is 4.06. The molecule has 1 aromatic rings. The molecule has 0 aromatic carbocycles. The van der Waals surface area contributed by atoms with Crippen LogP contribution in [0.2, 0.25) is 0 Å². The van der Waals surface area contributed by atoms with Gasteiger partial charge in [0, 0.05) is 24.2 Å². The molecule has 0 aliphatic carbocycles. The largest absolute Gasteiger partial charge is 0.356 e. The number of aryl methyl sites for hydroxylation is 1. The van der Waals surface area contributed by atoms with Crippen LogP contribution < -0.4 is 16.0 Å². The lowest BCUT2D eigenvalue weighted by atomic mass is 9.97. The second-order valence-electron chi connectivity index (χ2n) is 6.85. The standard InChI is InChI=1S/C19H26N4O4/c1-11-4-7-16(21-11)19(27)22-13(3)17(25)23-15(6-5-12(2)24)10-14-8-9-20-18(14)26/h4-7,13-15,21H,8-10H2,1-3H3,(H,20,26)(H,22,27)(H,23,25)/b6-5+/t13-,14-,15+/m0/s1. The molecule has 8 heteroatoms. The minimum Gasteiger partial charge on any atom is -0.356 e. The summed E-state index contributed by atoms with van der Waals surface area (Å²) in [5.41, 5.74) is 1.23. The monoisotopic (exact) mass is 374 g/mol. The van der Waals surface area contributed by atoms with Gasteiger partial charge in [-0.3, -0.25) is 19.2 Å². The lowest BCUT2D eigenvalue weighted by Crippen LogP contribution is -2.48. The second kappa shape index (κ2) is 9.16. The average molecular weight is 374 g/mol.